The Morgan fingerprint density at radius 2 is 2.06 bits per heavy atom. The number of carbonyl (C=O) groups excluding carboxylic acids is 1. The summed E-state index contributed by atoms with van der Waals surface area (Å²) in [4.78, 5) is 34.8. The van der Waals surface area contributed by atoms with E-state index >= 15 is 0 Å². The van der Waals surface area contributed by atoms with Gasteiger partial charge in [-0.25, -0.2) is 9.37 Å². The fraction of sp³-hybridized carbons (Fsp3) is 0.435. The van der Waals surface area contributed by atoms with Crippen molar-refractivity contribution in [2.75, 3.05) is 31.1 Å². The third-order valence-electron chi connectivity index (χ3n) is 6.27. The molecule has 2 aliphatic heterocycles. The van der Waals surface area contributed by atoms with Crippen LogP contribution in [0.4, 0.5) is 10.3 Å². The van der Waals surface area contributed by atoms with Crippen molar-refractivity contribution in [1.29, 1.82) is 0 Å². The molecular formula is C23H25FN4O3S. The third kappa shape index (κ3) is 4.14. The first-order valence-electron chi connectivity index (χ1n) is 11.0. The van der Waals surface area contributed by atoms with Gasteiger partial charge in [-0.3, -0.25) is 14.6 Å². The number of nitrogens with zero attached hydrogens (tertiary/aromatic N) is 2. The van der Waals surface area contributed by atoms with Crippen molar-refractivity contribution >= 4 is 33.4 Å². The van der Waals surface area contributed by atoms with Gasteiger partial charge in [-0.05, 0) is 31.7 Å². The van der Waals surface area contributed by atoms with Crippen molar-refractivity contribution in [2.45, 2.75) is 31.8 Å². The van der Waals surface area contributed by atoms with Gasteiger partial charge in [0, 0.05) is 48.7 Å². The van der Waals surface area contributed by atoms with E-state index < -0.39 is 0 Å². The van der Waals surface area contributed by atoms with Crippen LogP contribution in [0.1, 0.15) is 25.7 Å². The van der Waals surface area contributed by atoms with Crippen molar-refractivity contribution in [3.8, 4) is 11.1 Å². The van der Waals surface area contributed by atoms with E-state index in [0.29, 0.717) is 59.8 Å². The first-order chi connectivity index (χ1) is 15.6. The van der Waals surface area contributed by atoms with Crippen molar-refractivity contribution in [3.63, 3.8) is 0 Å². The van der Waals surface area contributed by atoms with Crippen LogP contribution in [0.25, 0.3) is 21.3 Å². The van der Waals surface area contributed by atoms with Crippen molar-refractivity contribution < 1.29 is 13.9 Å². The number of thiophene rings is 1. The van der Waals surface area contributed by atoms with E-state index in [-0.39, 0.29) is 29.3 Å². The highest BCUT2D eigenvalue weighted by Gasteiger charge is 2.27. The standard InChI is InChI=1S/C23H25FN4O3S/c24-18-6-2-1-5-16(18)17-13-32-20-19(17)26-23(27-22(20)30)28-9-7-14(8-10-28)21(29)25-12-15-4-3-11-31-15/h1-2,5-6,13-15H,3-4,7-12H2,(H,25,29)(H,26,27,30). The fourth-order valence-corrected chi connectivity index (χ4v) is 5.35. The summed E-state index contributed by atoms with van der Waals surface area (Å²) < 4.78 is 20.4. The van der Waals surface area contributed by atoms with Crippen LogP contribution in [0, 0.1) is 11.7 Å². The van der Waals surface area contributed by atoms with Gasteiger partial charge in [0.2, 0.25) is 11.9 Å². The Kier molecular flexibility index (Phi) is 5.93. The molecule has 2 N–H and O–H groups in total. The zero-order valence-electron chi connectivity index (χ0n) is 17.6. The third-order valence-corrected chi connectivity index (χ3v) is 7.24. The maximum atomic E-state index is 14.4. The molecule has 7 nitrogen and oxygen atoms in total. The molecule has 32 heavy (non-hydrogen) atoms. The molecule has 0 bridgehead atoms. The Bertz CT molecular complexity index is 1180. The number of halogens is 1. The number of aromatic nitrogens is 2. The number of benzene rings is 1. The van der Waals surface area contributed by atoms with Gasteiger partial charge in [-0.2, -0.15) is 0 Å². The molecule has 2 aromatic heterocycles. The van der Waals surface area contributed by atoms with E-state index in [0.717, 1.165) is 19.4 Å². The van der Waals surface area contributed by atoms with Crippen molar-refractivity contribution in [1.82, 2.24) is 15.3 Å². The average Bonchev–Trinajstić information content (AvgIpc) is 3.48. The molecule has 4 heterocycles. The van der Waals surface area contributed by atoms with Gasteiger partial charge in [0.1, 0.15) is 10.5 Å². The predicted octanol–water partition coefficient (Wildman–Crippen LogP) is 3.30. The molecule has 2 fully saturated rings. The number of anilines is 1. The summed E-state index contributed by atoms with van der Waals surface area (Å²) in [6.45, 7) is 2.58. The van der Waals surface area contributed by atoms with Crippen molar-refractivity contribution in [2.24, 2.45) is 5.92 Å². The maximum Gasteiger partial charge on any atom is 0.270 e. The largest absolute Gasteiger partial charge is 0.376 e. The molecule has 9 heteroatoms. The number of carbonyl (C=O) groups is 1. The lowest BCUT2D eigenvalue weighted by molar-refractivity contribution is -0.126. The zero-order valence-corrected chi connectivity index (χ0v) is 18.4. The highest BCUT2D eigenvalue weighted by atomic mass is 32.1. The van der Waals surface area contributed by atoms with Crippen LogP contribution >= 0.6 is 11.3 Å². The Hall–Kier alpha value is -2.78. The molecule has 1 atom stereocenters. The number of hydrogen-bond donors (Lipinski definition) is 2. The van der Waals surface area contributed by atoms with Crippen LogP contribution in [0.5, 0.6) is 0 Å². The minimum absolute atomic E-state index is 0.0572. The second-order valence-electron chi connectivity index (χ2n) is 8.34. The number of piperidine rings is 1. The summed E-state index contributed by atoms with van der Waals surface area (Å²) in [6.07, 6.45) is 3.55. The molecule has 1 aromatic carbocycles. The summed E-state index contributed by atoms with van der Waals surface area (Å²) >= 11 is 1.26. The number of ether oxygens (including phenoxy) is 1. The van der Waals surface area contributed by atoms with Gasteiger partial charge in [0.25, 0.3) is 5.56 Å². The lowest BCUT2D eigenvalue weighted by Gasteiger charge is -2.31. The van der Waals surface area contributed by atoms with Gasteiger partial charge >= 0.3 is 0 Å². The molecular weight excluding hydrogens is 431 g/mol. The quantitative estimate of drug-likeness (QED) is 0.615. The lowest BCUT2D eigenvalue weighted by atomic mass is 9.96. The minimum Gasteiger partial charge on any atom is -0.376 e. The second kappa shape index (κ2) is 8.99. The van der Waals surface area contributed by atoms with Gasteiger partial charge in [0.05, 0.1) is 11.6 Å². The number of nitrogens with one attached hydrogen (secondary N) is 2. The van der Waals surface area contributed by atoms with Crippen LogP contribution in [-0.4, -0.2) is 48.2 Å². The molecule has 1 unspecified atom stereocenters. The predicted molar refractivity (Wildman–Crippen MR) is 123 cm³/mol. The SMILES string of the molecule is O=C(NCC1CCCO1)C1CCN(c2nc3c(-c4ccccc4F)csc3c(=O)[nH]2)CC1. The summed E-state index contributed by atoms with van der Waals surface area (Å²) in [7, 11) is 0. The van der Waals surface area contributed by atoms with Crippen molar-refractivity contribution in [3.05, 3.63) is 45.8 Å². The first kappa shape index (κ1) is 21.1. The molecule has 168 valence electrons. The van der Waals surface area contributed by atoms with Crippen LogP contribution in [-0.2, 0) is 9.53 Å². The molecule has 2 saturated heterocycles. The molecule has 0 radical (unpaired) electrons. The molecule has 2 aliphatic rings. The number of rotatable bonds is 5. The summed E-state index contributed by atoms with van der Waals surface area (Å²) in [6, 6.07) is 6.51. The lowest BCUT2D eigenvalue weighted by Crippen LogP contribution is -2.43. The highest BCUT2D eigenvalue weighted by molar-refractivity contribution is 7.17. The summed E-state index contributed by atoms with van der Waals surface area (Å²) in [5.41, 5.74) is 1.34. The maximum absolute atomic E-state index is 14.4. The van der Waals surface area contributed by atoms with E-state index in [9.17, 15) is 14.0 Å². The molecule has 0 saturated carbocycles. The molecule has 0 spiro atoms. The van der Waals surface area contributed by atoms with E-state index in [1.54, 1.807) is 23.6 Å². The number of aromatic amines is 1. The molecule has 5 rings (SSSR count). The van der Waals surface area contributed by atoms with Crippen LogP contribution in [0.2, 0.25) is 0 Å². The Labute approximate surface area is 188 Å². The zero-order chi connectivity index (χ0) is 22.1. The number of hydrogen-bond acceptors (Lipinski definition) is 6. The molecule has 1 amide bonds. The summed E-state index contributed by atoms with van der Waals surface area (Å²) in [5.74, 6) is 0.136. The monoisotopic (exact) mass is 456 g/mol. The highest BCUT2D eigenvalue weighted by Crippen LogP contribution is 2.33. The van der Waals surface area contributed by atoms with Gasteiger partial charge in [0.15, 0.2) is 0 Å². The minimum atomic E-state index is -0.342. The second-order valence-corrected chi connectivity index (χ2v) is 9.22. The Balaban J connectivity index is 1.30. The number of fused-ring (bicyclic) bond motifs is 1. The van der Waals surface area contributed by atoms with E-state index in [1.807, 2.05) is 4.90 Å². The van der Waals surface area contributed by atoms with Gasteiger partial charge < -0.3 is 15.0 Å². The molecule has 0 aliphatic carbocycles. The Morgan fingerprint density at radius 1 is 1.25 bits per heavy atom. The van der Waals surface area contributed by atoms with E-state index in [2.05, 4.69) is 10.3 Å². The number of amides is 1. The van der Waals surface area contributed by atoms with Gasteiger partial charge in [-0.15, -0.1) is 11.3 Å². The normalized spacial score (nSPS) is 19.5. The fourth-order valence-electron chi connectivity index (χ4n) is 4.45. The summed E-state index contributed by atoms with van der Waals surface area (Å²) in [5, 5.41) is 4.80. The van der Waals surface area contributed by atoms with Gasteiger partial charge in [-0.1, -0.05) is 18.2 Å². The Morgan fingerprint density at radius 3 is 2.81 bits per heavy atom. The topological polar surface area (TPSA) is 87.3 Å². The van der Waals surface area contributed by atoms with Crippen LogP contribution < -0.4 is 15.8 Å². The van der Waals surface area contributed by atoms with E-state index in [1.165, 1.54) is 17.4 Å². The van der Waals surface area contributed by atoms with Crippen LogP contribution in [0.15, 0.2) is 34.4 Å². The van der Waals surface area contributed by atoms with Crippen LogP contribution in [0.3, 0.4) is 0 Å². The smallest absolute Gasteiger partial charge is 0.270 e. The molecule has 3 aromatic rings. The average molecular weight is 457 g/mol. The first-order valence-corrected chi connectivity index (χ1v) is 11.9. The van der Waals surface area contributed by atoms with E-state index in [4.69, 9.17) is 9.72 Å². The number of H-pyrrole nitrogens is 1.